The maximum Gasteiger partial charge on any atom is 0.123 e. The molecule has 0 aromatic heterocycles. The zero-order valence-corrected chi connectivity index (χ0v) is 10.3. The van der Waals surface area contributed by atoms with Gasteiger partial charge in [0, 0.05) is 17.7 Å². The van der Waals surface area contributed by atoms with Gasteiger partial charge in [-0.1, -0.05) is 23.8 Å². The number of hydrogen-bond donors (Lipinski definition) is 0. The normalized spacial score (nSPS) is 14.0. The highest BCUT2D eigenvalue weighted by Crippen LogP contribution is 2.21. The van der Waals surface area contributed by atoms with Gasteiger partial charge in [0.15, 0.2) is 0 Å². The van der Waals surface area contributed by atoms with Crippen molar-refractivity contribution in [1.29, 1.82) is 0 Å². The average molecular weight is 239 g/mol. The average Bonchev–Trinajstić information content (AvgIpc) is 2.38. The lowest BCUT2D eigenvalue weighted by Gasteiger charge is -2.17. The molecule has 0 saturated heterocycles. The zero-order chi connectivity index (χ0) is 12.5. The van der Waals surface area contributed by atoms with Crippen LogP contribution in [0, 0.1) is 12.7 Å². The van der Waals surface area contributed by atoms with E-state index in [0.717, 1.165) is 24.2 Å². The molecule has 0 saturated carbocycles. The van der Waals surface area contributed by atoms with Gasteiger partial charge in [0.25, 0.3) is 0 Å². The molecule has 1 aliphatic heterocycles. The van der Waals surface area contributed by atoms with E-state index in [2.05, 4.69) is 30.1 Å². The largest absolute Gasteiger partial charge is 0.284 e. The number of rotatable bonds is 1. The fourth-order valence-corrected chi connectivity index (χ4v) is 2.39. The van der Waals surface area contributed by atoms with Crippen molar-refractivity contribution >= 4 is 5.71 Å². The molecule has 0 spiro atoms. The number of fused-ring (bicyclic) bond motifs is 1. The first kappa shape index (κ1) is 11.1. The van der Waals surface area contributed by atoms with Crippen LogP contribution < -0.4 is 0 Å². The van der Waals surface area contributed by atoms with Crippen LogP contribution in [0.5, 0.6) is 0 Å². The maximum absolute atomic E-state index is 13.0. The molecule has 2 aromatic carbocycles. The van der Waals surface area contributed by atoms with Crippen LogP contribution in [0.1, 0.15) is 22.3 Å². The first-order valence-electron chi connectivity index (χ1n) is 6.14. The third-order valence-corrected chi connectivity index (χ3v) is 3.28. The van der Waals surface area contributed by atoms with Gasteiger partial charge in [-0.25, -0.2) is 4.39 Å². The van der Waals surface area contributed by atoms with Gasteiger partial charge in [0.1, 0.15) is 5.82 Å². The molecular formula is C16H14FN. The molecule has 0 bridgehead atoms. The minimum Gasteiger partial charge on any atom is -0.284 e. The van der Waals surface area contributed by atoms with E-state index < -0.39 is 0 Å². The van der Waals surface area contributed by atoms with Gasteiger partial charge in [-0.2, -0.15) is 0 Å². The third-order valence-electron chi connectivity index (χ3n) is 3.28. The Kier molecular flexibility index (Phi) is 2.71. The van der Waals surface area contributed by atoms with Gasteiger partial charge in [-0.15, -0.1) is 0 Å². The van der Waals surface area contributed by atoms with Crippen molar-refractivity contribution < 1.29 is 4.39 Å². The minimum atomic E-state index is -0.209. The summed E-state index contributed by atoms with van der Waals surface area (Å²) in [6.07, 6.45) is 0.988. The van der Waals surface area contributed by atoms with Crippen molar-refractivity contribution in [2.24, 2.45) is 4.99 Å². The van der Waals surface area contributed by atoms with Gasteiger partial charge in [-0.3, -0.25) is 4.99 Å². The zero-order valence-electron chi connectivity index (χ0n) is 10.3. The van der Waals surface area contributed by atoms with Crippen molar-refractivity contribution in [2.45, 2.75) is 13.3 Å². The van der Waals surface area contributed by atoms with Crippen LogP contribution in [0.4, 0.5) is 4.39 Å². The first-order chi connectivity index (χ1) is 8.74. The lowest BCUT2D eigenvalue weighted by atomic mass is 9.92. The smallest absolute Gasteiger partial charge is 0.123 e. The topological polar surface area (TPSA) is 12.4 Å². The molecule has 2 aromatic rings. The summed E-state index contributed by atoms with van der Waals surface area (Å²) in [5.41, 5.74) is 5.76. The van der Waals surface area contributed by atoms with Crippen LogP contribution in [0.15, 0.2) is 47.5 Å². The molecule has 3 rings (SSSR count). The molecule has 1 nitrogen and oxygen atoms in total. The Morgan fingerprint density at radius 2 is 1.83 bits per heavy atom. The lowest BCUT2D eigenvalue weighted by Crippen LogP contribution is -2.14. The summed E-state index contributed by atoms with van der Waals surface area (Å²) in [5.74, 6) is -0.209. The molecule has 0 atom stereocenters. The summed E-state index contributed by atoms with van der Waals surface area (Å²) in [5, 5.41) is 0. The highest BCUT2D eigenvalue weighted by atomic mass is 19.1. The van der Waals surface area contributed by atoms with E-state index in [1.165, 1.54) is 28.8 Å². The highest BCUT2D eigenvalue weighted by Gasteiger charge is 2.15. The Morgan fingerprint density at radius 1 is 1.06 bits per heavy atom. The molecule has 0 fully saturated rings. The van der Waals surface area contributed by atoms with Crippen molar-refractivity contribution in [3.8, 4) is 0 Å². The second-order valence-electron chi connectivity index (χ2n) is 4.65. The molecule has 0 radical (unpaired) electrons. The summed E-state index contributed by atoms with van der Waals surface area (Å²) in [7, 11) is 0. The number of nitrogens with zero attached hydrogens (tertiary/aromatic N) is 1. The van der Waals surface area contributed by atoms with Gasteiger partial charge in [-0.05, 0) is 43.2 Å². The van der Waals surface area contributed by atoms with Crippen LogP contribution in [-0.4, -0.2) is 12.3 Å². The molecule has 0 unspecified atom stereocenters. The number of aliphatic imine (C=N–C) groups is 1. The van der Waals surface area contributed by atoms with Gasteiger partial charge < -0.3 is 0 Å². The highest BCUT2D eigenvalue weighted by molar-refractivity contribution is 6.14. The fraction of sp³-hybridized carbons (Fsp3) is 0.188. The fourth-order valence-electron chi connectivity index (χ4n) is 2.39. The van der Waals surface area contributed by atoms with Crippen LogP contribution in [-0.2, 0) is 6.42 Å². The van der Waals surface area contributed by atoms with Crippen LogP contribution >= 0.6 is 0 Å². The van der Waals surface area contributed by atoms with E-state index in [0.29, 0.717) is 0 Å². The second-order valence-corrected chi connectivity index (χ2v) is 4.65. The predicted octanol–water partition coefficient (Wildman–Crippen LogP) is 3.53. The quantitative estimate of drug-likeness (QED) is 0.722. The number of benzene rings is 2. The van der Waals surface area contributed by atoms with E-state index in [-0.39, 0.29) is 5.82 Å². The van der Waals surface area contributed by atoms with Crippen LogP contribution in [0.25, 0.3) is 0 Å². The van der Waals surface area contributed by atoms with E-state index in [4.69, 9.17) is 0 Å². The molecule has 0 amide bonds. The minimum absolute atomic E-state index is 0.209. The second kappa shape index (κ2) is 4.37. The van der Waals surface area contributed by atoms with E-state index >= 15 is 0 Å². The molecule has 0 N–H and O–H groups in total. The lowest BCUT2D eigenvalue weighted by molar-refractivity contribution is 0.628. The Labute approximate surface area is 106 Å². The van der Waals surface area contributed by atoms with E-state index in [9.17, 15) is 4.39 Å². The van der Waals surface area contributed by atoms with E-state index in [1.54, 1.807) is 12.1 Å². The molecule has 90 valence electrons. The SMILES string of the molecule is Cc1ccc2c(c1)CCN=C2c1ccc(F)cc1. The Bertz CT molecular complexity index is 611. The summed E-state index contributed by atoms with van der Waals surface area (Å²) in [6, 6.07) is 13.0. The van der Waals surface area contributed by atoms with Gasteiger partial charge in [0.2, 0.25) is 0 Å². The molecule has 0 aliphatic carbocycles. The van der Waals surface area contributed by atoms with Crippen LogP contribution in [0.3, 0.4) is 0 Å². The Morgan fingerprint density at radius 3 is 2.61 bits per heavy atom. The monoisotopic (exact) mass is 239 g/mol. The van der Waals surface area contributed by atoms with Gasteiger partial charge in [0.05, 0.1) is 5.71 Å². The Balaban J connectivity index is 2.09. The van der Waals surface area contributed by atoms with Crippen molar-refractivity contribution in [1.82, 2.24) is 0 Å². The van der Waals surface area contributed by atoms with Gasteiger partial charge >= 0.3 is 0 Å². The number of aryl methyl sites for hydroxylation is 1. The summed E-state index contributed by atoms with van der Waals surface area (Å²) < 4.78 is 13.0. The molecule has 1 heterocycles. The Hall–Kier alpha value is -1.96. The first-order valence-corrected chi connectivity index (χ1v) is 6.14. The third kappa shape index (κ3) is 1.94. The molecule has 18 heavy (non-hydrogen) atoms. The number of halogens is 1. The van der Waals surface area contributed by atoms with Crippen molar-refractivity contribution in [2.75, 3.05) is 6.54 Å². The molecule has 2 heteroatoms. The predicted molar refractivity (Wildman–Crippen MR) is 71.8 cm³/mol. The van der Waals surface area contributed by atoms with E-state index in [1.807, 2.05) is 0 Å². The standard InChI is InChI=1S/C16H14FN/c1-11-2-7-15-13(10-11)8-9-18-16(15)12-3-5-14(17)6-4-12/h2-7,10H,8-9H2,1H3. The number of hydrogen-bond acceptors (Lipinski definition) is 1. The maximum atomic E-state index is 13.0. The molecule has 1 aliphatic rings. The van der Waals surface area contributed by atoms with Crippen LogP contribution in [0.2, 0.25) is 0 Å². The summed E-state index contributed by atoms with van der Waals surface area (Å²) in [6.45, 7) is 2.91. The summed E-state index contributed by atoms with van der Waals surface area (Å²) >= 11 is 0. The summed E-state index contributed by atoms with van der Waals surface area (Å²) in [4.78, 5) is 4.59. The van der Waals surface area contributed by atoms with Crippen molar-refractivity contribution in [3.05, 3.63) is 70.5 Å². The molecular weight excluding hydrogens is 225 g/mol. The van der Waals surface area contributed by atoms with Crippen molar-refractivity contribution in [3.63, 3.8) is 0 Å².